The average molecular weight is 288 g/mol. The van der Waals surface area contributed by atoms with Crippen LogP contribution in [0.25, 0.3) is 10.9 Å². The summed E-state index contributed by atoms with van der Waals surface area (Å²) in [7, 11) is 0. The van der Waals surface area contributed by atoms with Crippen molar-refractivity contribution in [3.05, 3.63) is 36.5 Å². The van der Waals surface area contributed by atoms with E-state index < -0.39 is 11.5 Å². The highest BCUT2D eigenvalue weighted by molar-refractivity contribution is 5.85. The number of carbonyl (C=O) groups is 1. The first-order chi connectivity index (χ1) is 9.92. The van der Waals surface area contributed by atoms with Crippen molar-refractivity contribution in [2.45, 2.75) is 32.4 Å². The largest absolute Gasteiger partial charge is 0.490 e. The van der Waals surface area contributed by atoms with Crippen LogP contribution in [0.15, 0.2) is 36.5 Å². The van der Waals surface area contributed by atoms with Gasteiger partial charge in [0.25, 0.3) is 0 Å². The Balaban J connectivity index is 2.22. The van der Waals surface area contributed by atoms with Crippen molar-refractivity contribution in [3.63, 3.8) is 0 Å². The SMILES string of the molecule is CC(C)NC(C)(COc1cccc2ncccc12)C(=O)O. The summed E-state index contributed by atoms with van der Waals surface area (Å²) in [4.78, 5) is 15.7. The second kappa shape index (κ2) is 6.10. The van der Waals surface area contributed by atoms with Gasteiger partial charge in [-0.2, -0.15) is 0 Å². The number of pyridine rings is 1. The van der Waals surface area contributed by atoms with Crippen molar-refractivity contribution in [1.29, 1.82) is 0 Å². The fourth-order valence-electron chi connectivity index (χ4n) is 2.23. The van der Waals surface area contributed by atoms with Gasteiger partial charge in [0.2, 0.25) is 0 Å². The van der Waals surface area contributed by atoms with E-state index in [-0.39, 0.29) is 12.6 Å². The summed E-state index contributed by atoms with van der Waals surface area (Å²) in [5, 5.41) is 13.3. The minimum atomic E-state index is -1.14. The lowest BCUT2D eigenvalue weighted by atomic mass is 10.0. The van der Waals surface area contributed by atoms with Crippen molar-refractivity contribution < 1.29 is 14.6 Å². The molecule has 0 aliphatic heterocycles. The topological polar surface area (TPSA) is 71.5 Å². The Kier molecular flexibility index (Phi) is 4.43. The van der Waals surface area contributed by atoms with Gasteiger partial charge in [-0.15, -0.1) is 0 Å². The van der Waals surface area contributed by atoms with E-state index >= 15 is 0 Å². The van der Waals surface area contributed by atoms with Gasteiger partial charge in [0.1, 0.15) is 17.9 Å². The highest BCUT2D eigenvalue weighted by Gasteiger charge is 2.34. The van der Waals surface area contributed by atoms with Crippen LogP contribution in [0.3, 0.4) is 0 Å². The minimum Gasteiger partial charge on any atom is -0.490 e. The van der Waals surface area contributed by atoms with Crippen LogP contribution in [-0.2, 0) is 4.79 Å². The second-order valence-corrected chi connectivity index (χ2v) is 5.55. The molecule has 0 fully saturated rings. The van der Waals surface area contributed by atoms with Crippen LogP contribution in [0.1, 0.15) is 20.8 Å². The molecule has 2 rings (SSSR count). The summed E-state index contributed by atoms with van der Waals surface area (Å²) in [5.41, 5.74) is -0.317. The summed E-state index contributed by atoms with van der Waals surface area (Å²) in [6.45, 7) is 5.47. The van der Waals surface area contributed by atoms with Crippen LogP contribution < -0.4 is 10.1 Å². The number of carboxylic acid groups (broad SMARTS) is 1. The van der Waals surface area contributed by atoms with E-state index in [0.717, 1.165) is 10.9 Å². The molecule has 1 unspecified atom stereocenters. The van der Waals surface area contributed by atoms with E-state index in [0.29, 0.717) is 5.75 Å². The molecule has 0 amide bonds. The number of rotatable bonds is 6. The zero-order chi connectivity index (χ0) is 15.5. The molecule has 0 bridgehead atoms. The molecule has 112 valence electrons. The summed E-state index contributed by atoms with van der Waals surface area (Å²) in [5.74, 6) is -0.298. The van der Waals surface area contributed by atoms with E-state index in [9.17, 15) is 9.90 Å². The van der Waals surface area contributed by atoms with Crippen LogP contribution in [0.4, 0.5) is 0 Å². The minimum absolute atomic E-state index is 0.0362. The van der Waals surface area contributed by atoms with Gasteiger partial charge in [-0.1, -0.05) is 6.07 Å². The number of fused-ring (bicyclic) bond motifs is 1. The molecule has 0 saturated carbocycles. The van der Waals surface area contributed by atoms with Gasteiger partial charge < -0.3 is 9.84 Å². The van der Waals surface area contributed by atoms with Gasteiger partial charge in [-0.05, 0) is 45.0 Å². The highest BCUT2D eigenvalue weighted by Crippen LogP contribution is 2.24. The molecule has 5 heteroatoms. The predicted molar refractivity (Wildman–Crippen MR) is 81.6 cm³/mol. The van der Waals surface area contributed by atoms with Crippen molar-refractivity contribution in [2.75, 3.05) is 6.61 Å². The number of hydrogen-bond acceptors (Lipinski definition) is 4. The van der Waals surface area contributed by atoms with Crippen LogP contribution in [0.2, 0.25) is 0 Å². The third-order valence-corrected chi connectivity index (χ3v) is 3.20. The van der Waals surface area contributed by atoms with E-state index in [2.05, 4.69) is 10.3 Å². The number of aliphatic carboxylic acids is 1. The van der Waals surface area contributed by atoms with Crippen molar-refractivity contribution in [1.82, 2.24) is 10.3 Å². The van der Waals surface area contributed by atoms with Gasteiger partial charge >= 0.3 is 5.97 Å². The zero-order valence-corrected chi connectivity index (χ0v) is 12.5. The molecular weight excluding hydrogens is 268 g/mol. The van der Waals surface area contributed by atoms with Gasteiger partial charge in [-0.3, -0.25) is 15.1 Å². The lowest BCUT2D eigenvalue weighted by Gasteiger charge is -2.28. The van der Waals surface area contributed by atoms with E-state index in [4.69, 9.17) is 4.74 Å². The Morgan fingerprint density at radius 3 is 2.81 bits per heavy atom. The number of carboxylic acids is 1. The number of nitrogens with zero attached hydrogens (tertiary/aromatic N) is 1. The summed E-state index contributed by atoms with van der Waals surface area (Å²) >= 11 is 0. The fourth-order valence-corrected chi connectivity index (χ4v) is 2.23. The van der Waals surface area contributed by atoms with Crippen molar-refractivity contribution >= 4 is 16.9 Å². The van der Waals surface area contributed by atoms with Gasteiger partial charge in [0, 0.05) is 17.6 Å². The summed E-state index contributed by atoms with van der Waals surface area (Å²) in [6, 6.07) is 9.35. The molecule has 1 heterocycles. The van der Waals surface area contributed by atoms with Crippen molar-refractivity contribution in [3.8, 4) is 5.75 Å². The Bertz CT molecular complexity index is 637. The Morgan fingerprint density at radius 2 is 2.14 bits per heavy atom. The molecule has 21 heavy (non-hydrogen) atoms. The number of hydrogen-bond donors (Lipinski definition) is 2. The molecule has 2 N–H and O–H groups in total. The van der Waals surface area contributed by atoms with Crippen LogP contribution in [0, 0.1) is 0 Å². The van der Waals surface area contributed by atoms with E-state index in [1.807, 2.05) is 44.2 Å². The molecule has 0 aliphatic carbocycles. The van der Waals surface area contributed by atoms with Gasteiger partial charge in [0.15, 0.2) is 0 Å². The van der Waals surface area contributed by atoms with Crippen LogP contribution >= 0.6 is 0 Å². The number of benzene rings is 1. The molecule has 0 radical (unpaired) electrons. The lowest BCUT2D eigenvalue weighted by molar-refractivity contribution is -0.145. The lowest BCUT2D eigenvalue weighted by Crippen LogP contribution is -2.56. The molecule has 2 aromatic rings. The third kappa shape index (κ3) is 3.49. The first kappa shape index (κ1) is 15.3. The number of aromatic nitrogens is 1. The maximum atomic E-state index is 11.5. The second-order valence-electron chi connectivity index (χ2n) is 5.55. The molecule has 1 aromatic heterocycles. The third-order valence-electron chi connectivity index (χ3n) is 3.20. The highest BCUT2D eigenvalue weighted by atomic mass is 16.5. The van der Waals surface area contributed by atoms with Crippen LogP contribution in [-0.4, -0.2) is 34.2 Å². The molecular formula is C16H20N2O3. The average Bonchev–Trinajstić information content (AvgIpc) is 2.44. The monoisotopic (exact) mass is 288 g/mol. The number of ether oxygens (including phenoxy) is 1. The molecule has 5 nitrogen and oxygen atoms in total. The van der Waals surface area contributed by atoms with E-state index in [1.54, 1.807) is 13.1 Å². The number of nitrogens with one attached hydrogen (secondary N) is 1. The van der Waals surface area contributed by atoms with Gasteiger partial charge in [-0.25, -0.2) is 0 Å². The Labute approximate surface area is 124 Å². The maximum Gasteiger partial charge on any atom is 0.327 e. The predicted octanol–water partition coefficient (Wildman–Crippen LogP) is 2.45. The maximum absolute atomic E-state index is 11.5. The summed E-state index contributed by atoms with van der Waals surface area (Å²) in [6.07, 6.45) is 1.72. The molecule has 0 spiro atoms. The molecule has 0 aliphatic rings. The van der Waals surface area contributed by atoms with E-state index in [1.165, 1.54) is 0 Å². The first-order valence-electron chi connectivity index (χ1n) is 6.90. The summed E-state index contributed by atoms with van der Waals surface area (Å²) < 4.78 is 5.76. The first-order valence-corrected chi connectivity index (χ1v) is 6.90. The fraction of sp³-hybridized carbons (Fsp3) is 0.375. The van der Waals surface area contributed by atoms with Crippen molar-refractivity contribution in [2.24, 2.45) is 0 Å². The smallest absolute Gasteiger partial charge is 0.327 e. The zero-order valence-electron chi connectivity index (χ0n) is 12.5. The Morgan fingerprint density at radius 1 is 1.38 bits per heavy atom. The normalized spacial score (nSPS) is 14.1. The molecule has 1 atom stereocenters. The molecule has 1 aromatic carbocycles. The Hall–Kier alpha value is -2.14. The quantitative estimate of drug-likeness (QED) is 0.854. The standard InChI is InChI=1S/C16H20N2O3/c1-11(2)18-16(3,15(19)20)10-21-14-8-4-7-13-12(14)6-5-9-17-13/h4-9,11,18H,10H2,1-3H3,(H,19,20). The van der Waals surface area contributed by atoms with Gasteiger partial charge in [0.05, 0.1) is 5.52 Å². The molecule has 0 saturated heterocycles. The van der Waals surface area contributed by atoms with Crippen LogP contribution in [0.5, 0.6) is 5.75 Å².